The van der Waals surface area contributed by atoms with Crippen molar-refractivity contribution in [1.82, 2.24) is 9.88 Å². The van der Waals surface area contributed by atoms with Crippen LogP contribution in [0.4, 0.5) is 5.69 Å². The summed E-state index contributed by atoms with van der Waals surface area (Å²) in [4.78, 5) is 19.8. The van der Waals surface area contributed by atoms with Crippen LogP contribution in [0, 0.1) is 0 Å². The maximum atomic E-state index is 12.0. The van der Waals surface area contributed by atoms with E-state index < -0.39 is 0 Å². The molecule has 1 aromatic rings. The normalized spacial score (nSPS) is 14.9. The van der Waals surface area contributed by atoms with Gasteiger partial charge in [0.2, 0.25) is 0 Å². The Hall–Kier alpha value is -2.31. The molecular formula is C14H21N5O2. The zero-order valence-electron chi connectivity index (χ0n) is 12.4. The summed E-state index contributed by atoms with van der Waals surface area (Å²) in [6.45, 7) is 0.653. The quantitative estimate of drug-likeness (QED) is 0.351. The third kappa shape index (κ3) is 3.84. The number of hydrogen-bond donors (Lipinski definition) is 2. The first-order valence-corrected chi connectivity index (χ1v) is 6.93. The molecule has 1 amide bonds. The van der Waals surface area contributed by atoms with E-state index in [9.17, 15) is 4.79 Å². The molecule has 7 heteroatoms. The van der Waals surface area contributed by atoms with Gasteiger partial charge in [0.15, 0.2) is 0 Å². The highest BCUT2D eigenvalue weighted by molar-refractivity contribution is 5.92. The van der Waals surface area contributed by atoms with Crippen molar-refractivity contribution in [3.05, 3.63) is 24.0 Å². The van der Waals surface area contributed by atoms with E-state index in [4.69, 9.17) is 10.9 Å². The van der Waals surface area contributed by atoms with Crippen LogP contribution in [0.3, 0.4) is 0 Å². The smallest absolute Gasteiger partial charge is 0.272 e. The maximum Gasteiger partial charge on any atom is 0.272 e. The summed E-state index contributed by atoms with van der Waals surface area (Å²) in [5, 5.41) is 11.6. The van der Waals surface area contributed by atoms with Crippen molar-refractivity contribution in [2.45, 2.75) is 25.3 Å². The van der Waals surface area contributed by atoms with Crippen molar-refractivity contribution in [3.63, 3.8) is 0 Å². The summed E-state index contributed by atoms with van der Waals surface area (Å²) in [7, 11) is 3.40. The summed E-state index contributed by atoms with van der Waals surface area (Å²) in [6, 6.07) is 4.14. The SMILES string of the molecule is CN(C)C(=O)c1cc(N(CCC(N)=NO)C2CC2)ccn1. The van der Waals surface area contributed by atoms with Crippen LogP contribution < -0.4 is 10.6 Å². The van der Waals surface area contributed by atoms with Crippen molar-refractivity contribution in [1.29, 1.82) is 0 Å². The van der Waals surface area contributed by atoms with Gasteiger partial charge in [0.1, 0.15) is 11.5 Å². The van der Waals surface area contributed by atoms with E-state index in [0.29, 0.717) is 24.7 Å². The van der Waals surface area contributed by atoms with Gasteiger partial charge in [-0.05, 0) is 25.0 Å². The van der Waals surface area contributed by atoms with Gasteiger partial charge >= 0.3 is 0 Å². The Morgan fingerprint density at radius 3 is 2.81 bits per heavy atom. The Morgan fingerprint density at radius 2 is 2.24 bits per heavy atom. The first-order chi connectivity index (χ1) is 10.0. The molecule has 114 valence electrons. The van der Waals surface area contributed by atoms with E-state index >= 15 is 0 Å². The second kappa shape index (κ2) is 6.43. The van der Waals surface area contributed by atoms with Gasteiger partial charge in [0.05, 0.1) is 0 Å². The lowest BCUT2D eigenvalue weighted by Crippen LogP contribution is -2.30. The predicted octanol–water partition coefficient (Wildman–Crippen LogP) is 0.889. The Labute approximate surface area is 124 Å². The van der Waals surface area contributed by atoms with Crippen LogP contribution in [0.1, 0.15) is 29.8 Å². The molecule has 2 rings (SSSR count). The molecule has 1 aliphatic carbocycles. The van der Waals surface area contributed by atoms with E-state index in [2.05, 4.69) is 15.0 Å². The molecule has 1 saturated carbocycles. The average molecular weight is 291 g/mol. The second-order valence-electron chi connectivity index (χ2n) is 5.36. The topological polar surface area (TPSA) is 95.1 Å². The predicted molar refractivity (Wildman–Crippen MR) is 80.6 cm³/mol. The van der Waals surface area contributed by atoms with E-state index in [1.54, 1.807) is 26.4 Å². The van der Waals surface area contributed by atoms with Crippen LogP contribution in [-0.2, 0) is 0 Å². The Kier molecular flexibility index (Phi) is 4.62. The number of nitrogens with two attached hydrogens (primary N) is 1. The first-order valence-electron chi connectivity index (χ1n) is 6.93. The van der Waals surface area contributed by atoms with Gasteiger partial charge in [-0.2, -0.15) is 0 Å². The molecule has 0 aromatic carbocycles. The van der Waals surface area contributed by atoms with Crippen LogP contribution in [0.5, 0.6) is 0 Å². The third-order valence-corrected chi connectivity index (χ3v) is 3.43. The van der Waals surface area contributed by atoms with Crippen molar-refractivity contribution in [2.75, 3.05) is 25.5 Å². The molecule has 1 aromatic heterocycles. The highest BCUT2D eigenvalue weighted by Crippen LogP contribution is 2.31. The molecule has 1 fully saturated rings. The van der Waals surface area contributed by atoms with Crippen molar-refractivity contribution < 1.29 is 10.0 Å². The molecule has 7 nitrogen and oxygen atoms in total. The zero-order chi connectivity index (χ0) is 15.4. The largest absolute Gasteiger partial charge is 0.409 e. The fourth-order valence-electron chi connectivity index (χ4n) is 2.14. The highest BCUT2D eigenvalue weighted by atomic mass is 16.4. The lowest BCUT2D eigenvalue weighted by molar-refractivity contribution is 0.0822. The number of carbonyl (C=O) groups excluding carboxylic acids is 1. The number of aromatic nitrogens is 1. The molecular weight excluding hydrogens is 270 g/mol. The fourth-order valence-corrected chi connectivity index (χ4v) is 2.14. The van der Waals surface area contributed by atoms with Gasteiger partial charge in [-0.15, -0.1) is 0 Å². The number of rotatable bonds is 6. The maximum absolute atomic E-state index is 12.0. The van der Waals surface area contributed by atoms with Crippen LogP contribution in [-0.4, -0.2) is 53.5 Å². The average Bonchev–Trinajstić information content (AvgIpc) is 3.31. The minimum absolute atomic E-state index is 0.121. The Bertz CT molecular complexity index is 540. The summed E-state index contributed by atoms with van der Waals surface area (Å²) in [5.41, 5.74) is 6.91. The zero-order valence-corrected chi connectivity index (χ0v) is 12.4. The Morgan fingerprint density at radius 1 is 1.52 bits per heavy atom. The minimum Gasteiger partial charge on any atom is -0.409 e. The number of nitrogens with zero attached hydrogens (tertiary/aromatic N) is 4. The molecule has 3 N–H and O–H groups in total. The third-order valence-electron chi connectivity index (χ3n) is 3.43. The number of anilines is 1. The Balaban J connectivity index is 2.16. The highest BCUT2D eigenvalue weighted by Gasteiger charge is 2.29. The molecule has 0 radical (unpaired) electrons. The lowest BCUT2D eigenvalue weighted by Gasteiger charge is -2.25. The van der Waals surface area contributed by atoms with Crippen molar-refractivity contribution in [2.24, 2.45) is 10.9 Å². The van der Waals surface area contributed by atoms with Gasteiger partial charge in [-0.25, -0.2) is 0 Å². The minimum atomic E-state index is -0.121. The van der Waals surface area contributed by atoms with Gasteiger partial charge in [0, 0.05) is 45.0 Å². The van der Waals surface area contributed by atoms with Gasteiger partial charge in [-0.3, -0.25) is 9.78 Å². The number of amides is 1. The molecule has 0 bridgehead atoms. The molecule has 1 heterocycles. The number of amidine groups is 1. The summed E-state index contributed by atoms with van der Waals surface area (Å²) >= 11 is 0. The van der Waals surface area contributed by atoms with Gasteiger partial charge in [-0.1, -0.05) is 5.16 Å². The summed E-state index contributed by atoms with van der Waals surface area (Å²) in [5.74, 6) is 0.0864. The molecule has 1 aliphatic rings. The van der Waals surface area contributed by atoms with Crippen LogP contribution in [0.2, 0.25) is 0 Å². The standard InChI is InChI=1S/C14H21N5O2/c1-18(2)14(20)12-9-11(5-7-16-12)19(10-3-4-10)8-6-13(15)17-21/h5,7,9-10,21H,3-4,6,8H2,1-2H3,(H2,15,17). The van der Waals surface area contributed by atoms with E-state index in [0.717, 1.165) is 18.5 Å². The lowest BCUT2D eigenvalue weighted by atomic mass is 10.2. The van der Waals surface area contributed by atoms with E-state index in [1.807, 2.05) is 6.07 Å². The summed E-state index contributed by atoms with van der Waals surface area (Å²) in [6.07, 6.45) is 4.36. The van der Waals surface area contributed by atoms with Crippen LogP contribution in [0.15, 0.2) is 23.5 Å². The monoisotopic (exact) mass is 291 g/mol. The number of carbonyl (C=O) groups is 1. The van der Waals surface area contributed by atoms with Crippen molar-refractivity contribution >= 4 is 17.4 Å². The fraction of sp³-hybridized carbons (Fsp3) is 0.500. The molecule has 21 heavy (non-hydrogen) atoms. The molecule has 0 unspecified atom stereocenters. The molecule has 0 spiro atoms. The number of pyridine rings is 1. The first kappa shape index (κ1) is 15.1. The van der Waals surface area contributed by atoms with E-state index in [1.165, 1.54) is 4.90 Å². The number of hydrogen-bond acceptors (Lipinski definition) is 5. The molecule has 0 saturated heterocycles. The number of oxime groups is 1. The van der Waals surface area contributed by atoms with Crippen molar-refractivity contribution in [3.8, 4) is 0 Å². The molecule has 0 aliphatic heterocycles. The second-order valence-corrected chi connectivity index (χ2v) is 5.36. The van der Waals surface area contributed by atoms with Gasteiger partial charge < -0.3 is 20.7 Å². The molecule has 0 atom stereocenters. The summed E-state index contributed by atoms with van der Waals surface area (Å²) < 4.78 is 0. The van der Waals surface area contributed by atoms with Gasteiger partial charge in [0.25, 0.3) is 5.91 Å². The van der Waals surface area contributed by atoms with Crippen LogP contribution in [0.25, 0.3) is 0 Å². The van der Waals surface area contributed by atoms with E-state index in [-0.39, 0.29) is 11.7 Å². The van der Waals surface area contributed by atoms with Crippen LogP contribution >= 0.6 is 0 Å².